The van der Waals surface area contributed by atoms with Crippen molar-refractivity contribution in [2.45, 2.75) is 25.9 Å². The van der Waals surface area contributed by atoms with Gasteiger partial charge in [0.15, 0.2) is 0 Å². The highest BCUT2D eigenvalue weighted by molar-refractivity contribution is 7.10. The summed E-state index contributed by atoms with van der Waals surface area (Å²) in [5.41, 5.74) is 1.94. The van der Waals surface area contributed by atoms with Crippen LogP contribution in [0.2, 0.25) is 0 Å². The second kappa shape index (κ2) is 9.28. The van der Waals surface area contributed by atoms with Gasteiger partial charge in [-0.2, -0.15) is 5.10 Å². The second-order valence-electron chi connectivity index (χ2n) is 7.25. The van der Waals surface area contributed by atoms with Crippen LogP contribution in [0, 0.1) is 0 Å². The Balaban J connectivity index is 1.44. The number of furan rings is 1. The first-order valence-electron chi connectivity index (χ1n) is 10.0. The van der Waals surface area contributed by atoms with Crippen LogP contribution in [0.3, 0.4) is 0 Å². The number of benzene rings is 1. The lowest BCUT2D eigenvalue weighted by molar-refractivity contribution is -0.134. The van der Waals surface area contributed by atoms with Crippen LogP contribution in [0.15, 0.2) is 69.7 Å². The molecule has 1 unspecified atom stereocenters. The predicted octanol–water partition coefficient (Wildman–Crippen LogP) is 4.55. The van der Waals surface area contributed by atoms with Crippen LogP contribution in [0.4, 0.5) is 0 Å². The fraction of sp³-hybridized carbons (Fsp3) is 0.304. The largest absolute Gasteiger partial charge is 0.494 e. The zero-order valence-electron chi connectivity index (χ0n) is 17.2. The summed E-state index contributed by atoms with van der Waals surface area (Å²) in [6.45, 7) is 3.57. The minimum Gasteiger partial charge on any atom is -0.494 e. The molecule has 0 saturated heterocycles. The first-order chi connectivity index (χ1) is 14.6. The molecule has 2 aromatic heterocycles. The summed E-state index contributed by atoms with van der Waals surface area (Å²) in [4.78, 5) is 16.3. The third-order valence-corrected chi connectivity index (χ3v) is 5.91. The summed E-state index contributed by atoms with van der Waals surface area (Å²) < 4.78 is 11.0. The number of amides is 1. The Labute approximate surface area is 180 Å². The zero-order valence-corrected chi connectivity index (χ0v) is 18.0. The Hall–Kier alpha value is -2.90. The molecule has 4 rings (SSSR count). The SMILES string of the molecule is CCOc1ccc(CN(C)CC(=O)N2N=C(c3ccco3)CC2c2cccs2)cc1. The molecule has 0 saturated carbocycles. The molecule has 3 heterocycles. The normalized spacial score (nSPS) is 16.2. The van der Waals surface area contributed by atoms with Gasteiger partial charge in [-0.25, -0.2) is 5.01 Å². The number of hydrogen-bond donors (Lipinski definition) is 0. The molecule has 1 atom stereocenters. The third kappa shape index (κ3) is 4.63. The van der Waals surface area contributed by atoms with Crippen molar-refractivity contribution in [2.75, 3.05) is 20.2 Å². The number of likely N-dealkylation sites (N-methyl/N-ethyl adjacent to an activating group) is 1. The number of hydrogen-bond acceptors (Lipinski definition) is 6. The van der Waals surface area contributed by atoms with Crippen molar-refractivity contribution >= 4 is 23.0 Å². The van der Waals surface area contributed by atoms with E-state index in [1.807, 2.05) is 66.7 Å². The summed E-state index contributed by atoms with van der Waals surface area (Å²) in [7, 11) is 1.95. The molecule has 1 aliphatic heterocycles. The Bertz CT molecular complexity index is 981. The van der Waals surface area contributed by atoms with E-state index in [2.05, 4.69) is 11.2 Å². The fourth-order valence-electron chi connectivity index (χ4n) is 3.56. The summed E-state index contributed by atoms with van der Waals surface area (Å²) >= 11 is 1.64. The Morgan fingerprint density at radius 2 is 2.10 bits per heavy atom. The Kier molecular flexibility index (Phi) is 6.30. The van der Waals surface area contributed by atoms with Crippen molar-refractivity contribution in [3.05, 3.63) is 76.4 Å². The molecular weight excluding hydrogens is 398 g/mol. The average molecular weight is 424 g/mol. The molecule has 7 heteroatoms. The molecular formula is C23H25N3O3S. The van der Waals surface area contributed by atoms with Gasteiger partial charge in [-0.1, -0.05) is 18.2 Å². The van der Waals surface area contributed by atoms with E-state index in [1.165, 1.54) is 0 Å². The molecule has 0 N–H and O–H groups in total. The van der Waals surface area contributed by atoms with Gasteiger partial charge in [0.1, 0.15) is 17.2 Å². The van der Waals surface area contributed by atoms with Gasteiger partial charge >= 0.3 is 0 Å². The smallest absolute Gasteiger partial charge is 0.257 e. The number of hydrazone groups is 1. The van der Waals surface area contributed by atoms with Crippen molar-refractivity contribution in [1.82, 2.24) is 9.91 Å². The summed E-state index contributed by atoms with van der Waals surface area (Å²) in [5, 5.41) is 8.28. The maximum absolute atomic E-state index is 13.1. The first-order valence-corrected chi connectivity index (χ1v) is 10.9. The maximum Gasteiger partial charge on any atom is 0.257 e. The number of carbonyl (C=O) groups excluding carboxylic acids is 1. The highest BCUT2D eigenvalue weighted by atomic mass is 32.1. The molecule has 1 aromatic carbocycles. The zero-order chi connectivity index (χ0) is 20.9. The van der Waals surface area contributed by atoms with E-state index in [4.69, 9.17) is 9.15 Å². The predicted molar refractivity (Wildman–Crippen MR) is 118 cm³/mol. The van der Waals surface area contributed by atoms with Crippen molar-refractivity contribution in [3.8, 4) is 5.75 Å². The van der Waals surface area contributed by atoms with Gasteiger partial charge in [0.25, 0.3) is 5.91 Å². The topological polar surface area (TPSA) is 58.3 Å². The summed E-state index contributed by atoms with van der Waals surface area (Å²) in [5.74, 6) is 1.55. The minimum absolute atomic E-state index is 0.0246. The van der Waals surface area contributed by atoms with E-state index in [9.17, 15) is 4.79 Å². The van der Waals surface area contributed by atoms with Gasteiger partial charge in [0.2, 0.25) is 0 Å². The number of nitrogens with zero attached hydrogens (tertiary/aromatic N) is 3. The van der Waals surface area contributed by atoms with E-state index in [0.717, 1.165) is 27.7 Å². The molecule has 0 aliphatic carbocycles. The number of carbonyl (C=O) groups is 1. The molecule has 6 nitrogen and oxygen atoms in total. The quantitative estimate of drug-likeness (QED) is 0.533. The molecule has 156 valence electrons. The maximum atomic E-state index is 13.1. The van der Waals surface area contributed by atoms with Crippen LogP contribution < -0.4 is 4.74 Å². The van der Waals surface area contributed by atoms with Crippen LogP contribution in [0.5, 0.6) is 5.75 Å². The molecule has 0 radical (unpaired) electrons. The van der Waals surface area contributed by atoms with Crippen LogP contribution >= 0.6 is 11.3 Å². The van der Waals surface area contributed by atoms with Gasteiger partial charge in [0.05, 0.1) is 25.5 Å². The van der Waals surface area contributed by atoms with E-state index >= 15 is 0 Å². The van der Waals surface area contributed by atoms with E-state index < -0.39 is 0 Å². The van der Waals surface area contributed by atoms with Gasteiger partial charge in [0, 0.05) is 17.8 Å². The van der Waals surface area contributed by atoms with Gasteiger partial charge in [-0.3, -0.25) is 9.69 Å². The lowest BCUT2D eigenvalue weighted by atomic mass is 10.1. The van der Waals surface area contributed by atoms with Crippen molar-refractivity contribution < 1.29 is 13.9 Å². The number of thiophene rings is 1. The van der Waals surface area contributed by atoms with Crippen LogP contribution in [-0.2, 0) is 11.3 Å². The highest BCUT2D eigenvalue weighted by Crippen LogP contribution is 2.35. The average Bonchev–Trinajstić information content (AvgIpc) is 3.49. The van der Waals surface area contributed by atoms with Gasteiger partial charge in [-0.05, 0) is 55.2 Å². The van der Waals surface area contributed by atoms with Crippen molar-refractivity contribution in [2.24, 2.45) is 5.10 Å². The van der Waals surface area contributed by atoms with Crippen LogP contribution in [0.1, 0.15) is 35.6 Å². The molecule has 1 amide bonds. The third-order valence-electron chi connectivity index (χ3n) is 4.94. The minimum atomic E-state index is -0.0866. The molecule has 0 fully saturated rings. The molecule has 3 aromatic rings. The first kappa shape index (κ1) is 20.4. The summed E-state index contributed by atoms with van der Waals surface area (Å²) in [6, 6.07) is 15.7. The summed E-state index contributed by atoms with van der Waals surface area (Å²) in [6.07, 6.45) is 2.29. The van der Waals surface area contributed by atoms with Crippen LogP contribution in [-0.4, -0.2) is 41.7 Å². The Morgan fingerprint density at radius 1 is 1.27 bits per heavy atom. The van der Waals surface area contributed by atoms with Crippen LogP contribution in [0.25, 0.3) is 0 Å². The molecule has 1 aliphatic rings. The number of rotatable bonds is 8. The van der Waals surface area contributed by atoms with E-state index in [1.54, 1.807) is 22.6 Å². The number of ether oxygens (including phenoxy) is 1. The molecule has 0 spiro atoms. The van der Waals surface area contributed by atoms with Crippen molar-refractivity contribution in [1.29, 1.82) is 0 Å². The fourth-order valence-corrected chi connectivity index (χ4v) is 4.37. The molecule has 0 bridgehead atoms. The monoisotopic (exact) mass is 423 g/mol. The van der Waals surface area contributed by atoms with Gasteiger partial charge < -0.3 is 9.15 Å². The molecule has 30 heavy (non-hydrogen) atoms. The Morgan fingerprint density at radius 3 is 2.77 bits per heavy atom. The van der Waals surface area contributed by atoms with Crippen molar-refractivity contribution in [3.63, 3.8) is 0 Å². The lowest BCUT2D eigenvalue weighted by Gasteiger charge is -2.24. The highest BCUT2D eigenvalue weighted by Gasteiger charge is 2.34. The van der Waals surface area contributed by atoms with E-state index in [0.29, 0.717) is 19.6 Å². The van der Waals surface area contributed by atoms with Gasteiger partial charge in [-0.15, -0.1) is 11.3 Å². The lowest BCUT2D eigenvalue weighted by Crippen LogP contribution is -2.36. The standard InChI is InChI=1S/C23H25N3O3S/c1-3-28-18-10-8-17(9-11-18)15-25(2)16-23(27)26-20(22-7-5-13-30-22)14-19(24-26)21-6-4-12-29-21/h4-13,20H,3,14-16H2,1-2H3. The second-order valence-corrected chi connectivity index (χ2v) is 8.23. The van der Waals surface area contributed by atoms with E-state index in [-0.39, 0.29) is 18.5 Å².